The van der Waals surface area contributed by atoms with E-state index in [1.54, 1.807) is 14.2 Å². The number of carbonyl (C=O) groups excluding carboxylic acids is 1. The minimum Gasteiger partial charge on any atom is -0.504 e. The van der Waals surface area contributed by atoms with Gasteiger partial charge in [0.1, 0.15) is 12.9 Å². The van der Waals surface area contributed by atoms with E-state index in [0.717, 1.165) is 11.1 Å². The molecule has 1 N–H and O–H groups in total. The Morgan fingerprint density at radius 3 is 2.36 bits per heavy atom. The Bertz CT molecular complexity index is 617. The molecular formula is C17H18O5. The first-order valence-electron chi connectivity index (χ1n) is 6.73. The molecule has 0 aliphatic carbocycles. The van der Waals surface area contributed by atoms with Crippen molar-refractivity contribution in [2.45, 2.75) is 12.9 Å². The van der Waals surface area contributed by atoms with Crippen LogP contribution in [0.25, 0.3) is 0 Å². The summed E-state index contributed by atoms with van der Waals surface area (Å²) in [5.74, 6) is 0.279. The van der Waals surface area contributed by atoms with E-state index >= 15 is 0 Å². The highest BCUT2D eigenvalue weighted by molar-refractivity contribution is 5.76. The Morgan fingerprint density at radius 1 is 1.09 bits per heavy atom. The summed E-state index contributed by atoms with van der Waals surface area (Å²) in [5.41, 5.74) is 2.27. The monoisotopic (exact) mass is 302 g/mol. The van der Waals surface area contributed by atoms with Crippen molar-refractivity contribution in [2.24, 2.45) is 0 Å². The molecule has 0 spiro atoms. The van der Waals surface area contributed by atoms with E-state index in [4.69, 9.17) is 14.2 Å². The van der Waals surface area contributed by atoms with Gasteiger partial charge < -0.3 is 19.3 Å². The molecule has 0 radical (unpaired) electrons. The number of ether oxygens (including phenoxy) is 3. The van der Waals surface area contributed by atoms with E-state index < -0.39 is 6.29 Å². The van der Waals surface area contributed by atoms with Crippen LogP contribution >= 0.6 is 0 Å². The molecule has 0 saturated heterocycles. The van der Waals surface area contributed by atoms with E-state index in [1.165, 1.54) is 18.2 Å². The second-order valence-electron chi connectivity index (χ2n) is 4.68. The second-order valence-corrected chi connectivity index (χ2v) is 4.68. The lowest BCUT2D eigenvalue weighted by molar-refractivity contribution is -0.106. The Balaban J connectivity index is 2.04. The number of benzene rings is 2. The zero-order valence-electron chi connectivity index (χ0n) is 12.5. The summed E-state index contributed by atoms with van der Waals surface area (Å²) in [7, 11) is 3.15. The van der Waals surface area contributed by atoms with Crippen LogP contribution < -0.4 is 4.74 Å². The van der Waals surface area contributed by atoms with Gasteiger partial charge in [-0.25, -0.2) is 0 Å². The molecule has 0 aliphatic heterocycles. The van der Waals surface area contributed by atoms with Crippen molar-refractivity contribution >= 4 is 6.29 Å². The highest BCUT2D eigenvalue weighted by atomic mass is 16.7. The van der Waals surface area contributed by atoms with Gasteiger partial charge in [-0.2, -0.15) is 0 Å². The molecule has 0 aromatic heterocycles. The normalized spacial score (nSPS) is 10.7. The summed E-state index contributed by atoms with van der Waals surface area (Å²) in [6.07, 6.45) is 0.305. The standard InChI is InChI=1S/C17H18O5/c1-20-17(21-2)14-6-3-12(4-7-14)11-22-16-9-13(10-18)5-8-15(16)19/h3-10,17,19H,11H2,1-2H3. The summed E-state index contributed by atoms with van der Waals surface area (Å²) in [6.45, 7) is 0.279. The number of aldehydes is 1. The van der Waals surface area contributed by atoms with Crippen LogP contribution in [0.15, 0.2) is 42.5 Å². The first kappa shape index (κ1) is 16.0. The molecule has 5 nitrogen and oxygen atoms in total. The van der Waals surface area contributed by atoms with E-state index in [0.29, 0.717) is 11.8 Å². The summed E-state index contributed by atoms with van der Waals surface area (Å²) in [5, 5.41) is 9.72. The third-order valence-corrected chi connectivity index (χ3v) is 3.19. The van der Waals surface area contributed by atoms with Gasteiger partial charge in [-0.3, -0.25) is 4.79 Å². The number of methoxy groups -OCH3 is 2. The zero-order valence-corrected chi connectivity index (χ0v) is 12.5. The van der Waals surface area contributed by atoms with Crippen molar-refractivity contribution in [1.82, 2.24) is 0 Å². The molecule has 22 heavy (non-hydrogen) atoms. The number of rotatable bonds is 7. The third kappa shape index (κ3) is 3.84. The van der Waals surface area contributed by atoms with Gasteiger partial charge in [0.25, 0.3) is 0 Å². The largest absolute Gasteiger partial charge is 0.504 e. The van der Waals surface area contributed by atoms with Crippen LogP contribution in [0, 0.1) is 0 Å². The molecule has 0 bridgehead atoms. The number of hydrogen-bond acceptors (Lipinski definition) is 5. The highest BCUT2D eigenvalue weighted by Gasteiger charge is 2.09. The minimum absolute atomic E-state index is 0.000972. The van der Waals surface area contributed by atoms with E-state index in [-0.39, 0.29) is 18.1 Å². The van der Waals surface area contributed by atoms with Gasteiger partial charge in [0.15, 0.2) is 17.8 Å². The molecule has 0 saturated carbocycles. The van der Waals surface area contributed by atoms with Crippen molar-refractivity contribution in [3.63, 3.8) is 0 Å². The third-order valence-electron chi connectivity index (χ3n) is 3.19. The number of aromatic hydroxyl groups is 1. The minimum atomic E-state index is -0.400. The topological polar surface area (TPSA) is 65.0 Å². The molecule has 0 atom stereocenters. The van der Waals surface area contributed by atoms with Gasteiger partial charge in [0, 0.05) is 25.3 Å². The van der Waals surface area contributed by atoms with Gasteiger partial charge in [0.05, 0.1) is 0 Å². The first-order valence-corrected chi connectivity index (χ1v) is 6.73. The number of phenolic OH excluding ortho intramolecular Hbond substituents is 1. The maximum atomic E-state index is 10.7. The van der Waals surface area contributed by atoms with Crippen molar-refractivity contribution in [2.75, 3.05) is 14.2 Å². The Labute approximate surface area is 129 Å². The summed E-state index contributed by atoms with van der Waals surface area (Å²) in [6, 6.07) is 12.0. The summed E-state index contributed by atoms with van der Waals surface area (Å²) < 4.78 is 15.9. The lowest BCUT2D eigenvalue weighted by atomic mass is 10.1. The predicted molar refractivity (Wildman–Crippen MR) is 81.0 cm³/mol. The van der Waals surface area contributed by atoms with Gasteiger partial charge in [-0.1, -0.05) is 24.3 Å². The van der Waals surface area contributed by atoms with E-state index in [2.05, 4.69) is 0 Å². The van der Waals surface area contributed by atoms with Gasteiger partial charge >= 0.3 is 0 Å². The second kappa shape index (κ2) is 7.59. The highest BCUT2D eigenvalue weighted by Crippen LogP contribution is 2.27. The van der Waals surface area contributed by atoms with Gasteiger partial charge in [-0.15, -0.1) is 0 Å². The zero-order chi connectivity index (χ0) is 15.9. The number of hydrogen-bond donors (Lipinski definition) is 1. The van der Waals surface area contributed by atoms with Crippen molar-refractivity contribution in [3.05, 3.63) is 59.2 Å². The van der Waals surface area contributed by atoms with Crippen LogP contribution in [0.4, 0.5) is 0 Å². The maximum Gasteiger partial charge on any atom is 0.183 e. The van der Waals surface area contributed by atoms with Crippen LogP contribution in [0.2, 0.25) is 0 Å². The average molecular weight is 302 g/mol. The van der Waals surface area contributed by atoms with E-state index in [1.807, 2.05) is 24.3 Å². The molecular weight excluding hydrogens is 284 g/mol. The molecule has 0 fully saturated rings. The van der Waals surface area contributed by atoms with Gasteiger partial charge in [-0.05, 0) is 23.8 Å². The molecule has 116 valence electrons. The summed E-state index contributed by atoms with van der Waals surface area (Å²) >= 11 is 0. The molecule has 0 aliphatic rings. The molecule has 0 unspecified atom stereocenters. The molecule has 5 heteroatoms. The fourth-order valence-electron chi connectivity index (χ4n) is 2.02. The molecule has 2 aromatic carbocycles. The Hall–Kier alpha value is -2.37. The van der Waals surface area contributed by atoms with Gasteiger partial charge in [0.2, 0.25) is 0 Å². The van der Waals surface area contributed by atoms with Crippen molar-refractivity contribution in [3.8, 4) is 11.5 Å². The number of carbonyl (C=O) groups is 1. The lowest BCUT2D eigenvalue weighted by Crippen LogP contribution is -2.04. The smallest absolute Gasteiger partial charge is 0.183 e. The lowest BCUT2D eigenvalue weighted by Gasteiger charge is -2.14. The fraction of sp³-hybridized carbons (Fsp3) is 0.235. The van der Waals surface area contributed by atoms with Crippen LogP contribution in [-0.4, -0.2) is 25.6 Å². The first-order chi connectivity index (χ1) is 10.7. The van der Waals surface area contributed by atoms with Crippen molar-refractivity contribution < 1.29 is 24.1 Å². The summed E-state index contributed by atoms with van der Waals surface area (Å²) in [4.78, 5) is 10.7. The fourth-order valence-corrected chi connectivity index (χ4v) is 2.02. The molecule has 2 aromatic rings. The molecule has 0 amide bonds. The van der Waals surface area contributed by atoms with E-state index in [9.17, 15) is 9.90 Å². The predicted octanol–water partition coefficient (Wildman–Crippen LogP) is 3.08. The van der Waals surface area contributed by atoms with Crippen molar-refractivity contribution in [1.29, 1.82) is 0 Å². The average Bonchev–Trinajstić information content (AvgIpc) is 2.56. The number of phenols is 1. The Kier molecular flexibility index (Phi) is 5.52. The SMILES string of the molecule is COC(OC)c1ccc(COc2cc(C=O)ccc2O)cc1. The van der Waals surface area contributed by atoms with Crippen LogP contribution in [0.3, 0.4) is 0 Å². The Morgan fingerprint density at radius 2 is 1.77 bits per heavy atom. The van der Waals surface area contributed by atoms with Crippen LogP contribution in [-0.2, 0) is 16.1 Å². The molecule has 2 rings (SSSR count). The van der Waals surface area contributed by atoms with Crippen LogP contribution in [0.5, 0.6) is 11.5 Å². The van der Waals surface area contributed by atoms with Crippen LogP contribution in [0.1, 0.15) is 27.8 Å². The molecule has 0 heterocycles. The maximum absolute atomic E-state index is 10.7. The quantitative estimate of drug-likeness (QED) is 0.629.